The van der Waals surface area contributed by atoms with Crippen LogP contribution in [0.1, 0.15) is 53.1 Å². The van der Waals surface area contributed by atoms with Gasteiger partial charge in [-0.05, 0) is 19.9 Å². The lowest BCUT2D eigenvalue weighted by molar-refractivity contribution is -0.124. The number of hydrogen-bond acceptors (Lipinski definition) is 8. The lowest BCUT2D eigenvalue weighted by atomic mass is 10.0. The van der Waals surface area contributed by atoms with Crippen LogP contribution in [0.2, 0.25) is 5.02 Å². The Hall–Kier alpha value is -4.43. The Labute approximate surface area is 236 Å². The molecule has 15 heteroatoms. The molecule has 2 N–H and O–H groups in total. The van der Waals surface area contributed by atoms with Gasteiger partial charge < -0.3 is 10.4 Å². The summed E-state index contributed by atoms with van der Waals surface area (Å²) < 4.78 is 43.5. The molecule has 41 heavy (non-hydrogen) atoms. The maximum atomic E-state index is 14.8. The maximum Gasteiger partial charge on any atom is 0.276 e. The zero-order valence-corrected chi connectivity index (χ0v) is 22.3. The zero-order chi connectivity index (χ0) is 29.4. The van der Waals surface area contributed by atoms with Crippen molar-refractivity contribution in [2.75, 3.05) is 16.8 Å². The van der Waals surface area contributed by atoms with Gasteiger partial charge in [0.2, 0.25) is 5.95 Å². The third-order valence-corrected chi connectivity index (χ3v) is 6.90. The van der Waals surface area contributed by atoms with E-state index < -0.39 is 41.3 Å². The molecular formula is C26H22ClF3N8O3. The molecule has 5 rings (SSSR count). The molecule has 1 fully saturated rings. The second kappa shape index (κ2) is 11.2. The van der Waals surface area contributed by atoms with Crippen LogP contribution < -0.4 is 10.2 Å². The van der Waals surface area contributed by atoms with E-state index in [9.17, 15) is 27.9 Å². The minimum Gasteiger partial charge on any atom is -0.383 e. The third kappa shape index (κ3) is 5.47. The molecule has 0 spiro atoms. The number of aliphatic hydroxyl groups is 1. The van der Waals surface area contributed by atoms with E-state index >= 15 is 0 Å². The molecule has 0 unspecified atom stereocenters. The van der Waals surface area contributed by atoms with E-state index in [4.69, 9.17) is 11.6 Å². The number of nitrogens with zero attached hydrogens (tertiary/aromatic N) is 7. The zero-order valence-electron chi connectivity index (χ0n) is 21.6. The fourth-order valence-corrected chi connectivity index (χ4v) is 4.46. The Morgan fingerprint density at radius 3 is 2.56 bits per heavy atom. The Morgan fingerprint density at radius 1 is 1.17 bits per heavy atom. The Balaban J connectivity index is 1.34. The summed E-state index contributed by atoms with van der Waals surface area (Å²) in [6, 6.07) is 1.66. The molecule has 2 amide bonds. The van der Waals surface area contributed by atoms with Crippen molar-refractivity contribution in [2.45, 2.75) is 38.8 Å². The number of alkyl halides is 2. The number of carbonyl (C=O) groups excluding carboxylic acids is 2. The van der Waals surface area contributed by atoms with Gasteiger partial charge >= 0.3 is 0 Å². The van der Waals surface area contributed by atoms with E-state index in [2.05, 4.69) is 30.4 Å². The molecule has 1 saturated heterocycles. The van der Waals surface area contributed by atoms with Crippen LogP contribution >= 0.6 is 11.6 Å². The molecule has 0 bridgehead atoms. The number of aromatic nitrogens is 6. The molecule has 2 atom stereocenters. The number of anilines is 2. The summed E-state index contributed by atoms with van der Waals surface area (Å²) >= 11 is 5.81. The smallest absolute Gasteiger partial charge is 0.276 e. The summed E-state index contributed by atoms with van der Waals surface area (Å²) in [5, 5.41) is 16.2. The standard InChI is InChI=1S/C26H22ClF3N8O3/c1-12-22(36-18(10-31-12)20-16(23(29)30)3-4-17(27)21(20)28)24(40)35-15-9-34-38(11-15)13(2)14-7-32-26(33-8-14)37-6-5-19(39)25(37)41/h3-4,7-11,13,19,23,39H,5-6H2,1-2H3,(H,35,40)/t13-,19+/m0/s1. The SMILES string of the molecule is Cc1ncc(-c2c(C(F)F)ccc(Cl)c2F)nc1C(=O)Nc1cnn([C@@H](C)c2cnc(N3CC[C@@H](O)C3=O)nc2)c1. The summed E-state index contributed by atoms with van der Waals surface area (Å²) in [6.45, 7) is 3.64. The summed E-state index contributed by atoms with van der Waals surface area (Å²) in [7, 11) is 0. The van der Waals surface area contributed by atoms with Crippen LogP contribution in [0.5, 0.6) is 0 Å². The minimum atomic E-state index is -3.01. The first-order valence-electron chi connectivity index (χ1n) is 12.3. The summed E-state index contributed by atoms with van der Waals surface area (Å²) in [6.07, 6.45) is 3.37. The van der Waals surface area contributed by atoms with Crippen molar-refractivity contribution in [3.8, 4) is 11.3 Å². The topological polar surface area (TPSA) is 139 Å². The second-order valence-corrected chi connectivity index (χ2v) is 9.67. The van der Waals surface area contributed by atoms with Gasteiger partial charge in [0, 0.05) is 48.2 Å². The first-order chi connectivity index (χ1) is 19.5. The van der Waals surface area contributed by atoms with Crippen LogP contribution in [0.3, 0.4) is 0 Å². The number of hydrogen-bond donors (Lipinski definition) is 2. The average Bonchev–Trinajstić information content (AvgIpc) is 3.56. The van der Waals surface area contributed by atoms with Crippen LogP contribution in [-0.2, 0) is 4.79 Å². The average molecular weight is 587 g/mol. The third-order valence-electron chi connectivity index (χ3n) is 6.60. The highest BCUT2D eigenvalue weighted by Crippen LogP contribution is 2.35. The van der Waals surface area contributed by atoms with Gasteiger partial charge in [0.1, 0.15) is 11.8 Å². The number of aryl methyl sites for hydroxylation is 1. The fraction of sp³-hybridized carbons (Fsp3) is 0.269. The molecule has 0 radical (unpaired) electrons. The number of aliphatic hydroxyl groups excluding tert-OH is 1. The molecular weight excluding hydrogens is 565 g/mol. The fourth-order valence-electron chi connectivity index (χ4n) is 4.30. The highest BCUT2D eigenvalue weighted by molar-refractivity contribution is 6.31. The van der Waals surface area contributed by atoms with Crippen molar-refractivity contribution in [1.82, 2.24) is 29.7 Å². The van der Waals surface area contributed by atoms with Crippen molar-refractivity contribution in [3.63, 3.8) is 0 Å². The highest BCUT2D eigenvalue weighted by Gasteiger charge is 2.32. The van der Waals surface area contributed by atoms with Crippen LogP contribution in [0, 0.1) is 12.7 Å². The van der Waals surface area contributed by atoms with E-state index in [-0.39, 0.29) is 34.1 Å². The van der Waals surface area contributed by atoms with E-state index in [1.54, 1.807) is 10.9 Å². The minimum absolute atomic E-state index is 0.188. The molecule has 0 aliphatic carbocycles. The van der Waals surface area contributed by atoms with Gasteiger partial charge in [-0.2, -0.15) is 5.10 Å². The molecule has 212 valence electrons. The van der Waals surface area contributed by atoms with Crippen molar-refractivity contribution >= 4 is 35.1 Å². The molecule has 11 nitrogen and oxygen atoms in total. The summed E-state index contributed by atoms with van der Waals surface area (Å²) in [4.78, 5) is 43.0. The predicted octanol–water partition coefficient (Wildman–Crippen LogP) is 4.13. The molecule has 3 aromatic heterocycles. The van der Waals surface area contributed by atoms with Crippen LogP contribution in [0.4, 0.5) is 24.8 Å². The van der Waals surface area contributed by atoms with Gasteiger partial charge in [-0.1, -0.05) is 17.7 Å². The maximum absolute atomic E-state index is 14.8. The van der Waals surface area contributed by atoms with Crippen molar-refractivity contribution in [2.24, 2.45) is 0 Å². The molecule has 4 heterocycles. The molecule has 1 aromatic carbocycles. The number of rotatable bonds is 7. The van der Waals surface area contributed by atoms with Crippen LogP contribution in [-0.4, -0.2) is 59.3 Å². The highest BCUT2D eigenvalue weighted by atomic mass is 35.5. The lowest BCUT2D eigenvalue weighted by Gasteiger charge is -2.15. The quantitative estimate of drug-likeness (QED) is 0.330. The van der Waals surface area contributed by atoms with E-state index in [1.807, 2.05) is 6.92 Å². The normalized spacial score (nSPS) is 16.0. The van der Waals surface area contributed by atoms with E-state index in [0.717, 1.165) is 18.3 Å². The second-order valence-electron chi connectivity index (χ2n) is 9.27. The van der Waals surface area contributed by atoms with Gasteiger partial charge in [0.25, 0.3) is 18.2 Å². The Bertz CT molecular complexity index is 1630. The summed E-state index contributed by atoms with van der Waals surface area (Å²) in [5.74, 6) is -2.06. The lowest BCUT2D eigenvalue weighted by Crippen LogP contribution is -2.30. The summed E-state index contributed by atoms with van der Waals surface area (Å²) in [5.41, 5.74) is -0.487. The van der Waals surface area contributed by atoms with Crippen molar-refractivity contribution < 1.29 is 27.9 Å². The number of nitrogens with one attached hydrogen (secondary N) is 1. The number of amides is 2. The predicted molar refractivity (Wildman–Crippen MR) is 141 cm³/mol. The van der Waals surface area contributed by atoms with Gasteiger partial charge in [-0.25, -0.2) is 28.1 Å². The van der Waals surface area contributed by atoms with Gasteiger partial charge in [-0.15, -0.1) is 0 Å². The largest absolute Gasteiger partial charge is 0.383 e. The van der Waals surface area contributed by atoms with Gasteiger partial charge in [0.05, 0.1) is 40.5 Å². The van der Waals surface area contributed by atoms with Gasteiger partial charge in [0.15, 0.2) is 5.82 Å². The Morgan fingerprint density at radius 2 is 1.90 bits per heavy atom. The first-order valence-corrected chi connectivity index (χ1v) is 12.7. The number of benzene rings is 1. The Kier molecular flexibility index (Phi) is 7.69. The number of carbonyl (C=O) groups is 2. The number of halogens is 4. The molecule has 1 aliphatic rings. The van der Waals surface area contributed by atoms with Crippen molar-refractivity contribution in [3.05, 3.63) is 76.5 Å². The van der Waals surface area contributed by atoms with E-state index in [1.165, 1.54) is 30.4 Å². The molecule has 4 aromatic rings. The van der Waals surface area contributed by atoms with Crippen LogP contribution in [0.15, 0.2) is 43.1 Å². The monoisotopic (exact) mass is 586 g/mol. The van der Waals surface area contributed by atoms with E-state index in [0.29, 0.717) is 24.2 Å². The van der Waals surface area contributed by atoms with Crippen molar-refractivity contribution in [1.29, 1.82) is 0 Å². The molecule has 1 aliphatic heterocycles. The first kappa shape index (κ1) is 28.1. The molecule has 0 saturated carbocycles. The van der Waals surface area contributed by atoms with Gasteiger partial charge in [-0.3, -0.25) is 24.2 Å². The van der Waals surface area contributed by atoms with Crippen LogP contribution in [0.25, 0.3) is 11.3 Å².